The second kappa shape index (κ2) is 10.7. The Balaban J connectivity index is 0.00000161. The average Bonchev–Trinajstić information content (AvgIpc) is 3.02. The van der Waals surface area contributed by atoms with E-state index in [2.05, 4.69) is 9.84 Å². The molecule has 0 atom stereocenters. The van der Waals surface area contributed by atoms with E-state index in [0.717, 1.165) is 26.0 Å². The zero-order valence-electron chi connectivity index (χ0n) is 17.5. The normalized spacial score (nSPS) is 11.6. The number of nitrogens with zero attached hydrogens (tertiary/aromatic N) is 2. The van der Waals surface area contributed by atoms with Gasteiger partial charge in [-0.15, -0.1) is 0 Å². The van der Waals surface area contributed by atoms with Gasteiger partial charge in [0.2, 0.25) is 0 Å². The van der Waals surface area contributed by atoms with Gasteiger partial charge in [-0.05, 0) is 39.3 Å². The number of aryl methyl sites for hydroxylation is 2. The number of carbonyl (C=O) groups excluding carboxylic acids is 3. The molecular weight excluding hydrogens is 463 g/mol. The number of hydrogen-bond donors (Lipinski definition) is 0. The van der Waals surface area contributed by atoms with Crippen LogP contribution in [0.3, 0.4) is 0 Å². The number of alkyl halides is 5. The first kappa shape index (κ1) is 27.3. The molecule has 1 heterocycles. The molecule has 0 saturated heterocycles. The maximum absolute atomic E-state index is 13.2. The van der Waals surface area contributed by atoms with Crippen LogP contribution in [0.1, 0.15) is 43.7 Å². The van der Waals surface area contributed by atoms with Crippen molar-refractivity contribution in [2.75, 3.05) is 0 Å². The van der Waals surface area contributed by atoms with Gasteiger partial charge in [0.05, 0.1) is 16.4 Å². The fourth-order valence-corrected chi connectivity index (χ4v) is 3.11. The minimum atomic E-state index is -4.81. The van der Waals surface area contributed by atoms with Gasteiger partial charge in [0.25, 0.3) is 0 Å². The van der Waals surface area contributed by atoms with Crippen LogP contribution in [-0.2, 0) is 22.6 Å². The van der Waals surface area contributed by atoms with Crippen molar-refractivity contribution in [2.24, 2.45) is 5.41 Å². The van der Waals surface area contributed by atoms with Crippen LogP contribution < -0.4 is 4.74 Å². The number of hydrogen-bond acceptors (Lipinski definition) is 5. The second-order valence-corrected chi connectivity index (χ2v) is 7.28. The standard InChI is InChI=1S/C19H20ClF5N2O2.CO2/c1-5-12-14(20)15(27(6-2)26-12)11-8-7-10(9-13(11)29-17(21)22)16(28)18(3,4)19(23,24)25;2-1-3/h7-9,17H,5-6H2,1-4H3;. The lowest BCUT2D eigenvalue weighted by atomic mass is 9.83. The number of ether oxygens (including phenoxy) is 1. The monoisotopic (exact) mass is 482 g/mol. The summed E-state index contributed by atoms with van der Waals surface area (Å²) in [4.78, 5) is 28.7. The molecular formula is C20H20ClF5N2O4. The molecule has 6 nitrogen and oxygen atoms in total. The topological polar surface area (TPSA) is 78.3 Å². The molecule has 0 spiro atoms. The van der Waals surface area contributed by atoms with Gasteiger partial charge in [-0.2, -0.15) is 36.6 Å². The van der Waals surface area contributed by atoms with Crippen molar-refractivity contribution in [3.63, 3.8) is 0 Å². The highest BCUT2D eigenvalue weighted by Crippen LogP contribution is 2.42. The van der Waals surface area contributed by atoms with Crippen LogP contribution in [-0.4, -0.2) is 34.5 Å². The average molecular weight is 483 g/mol. The van der Waals surface area contributed by atoms with E-state index >= 15 is 0 Å². The van der Waals surface area contributed by atoms with E-state index in [1.165, 1.54) is 10.7 Å². The highest BCUT2D eigenvalue weighted by Gasteiger charge is 2.52. The van der Waals surface area contributed by atoms with Crippen LogP contribution in [0.15, 0.2) is 18.2 Å². The Bertz CT molecular complexity index is 997. The van der Waals surface area contributed by atoms with E-state index in [1.54, 1.807) is 6.92 Å². The number of carbonyl (C=O) groups is 1. The second-order valence-electron chi connectivity index (χ2n) is 6.90. The zero-order chi connectivity index (χ0) is 24.9. The molecule has 0 radical (unpaired) electrons. The van der Waals surface area contributed by atoms with Crippen molar-refractivity contribution in [3.05, 3.63) is 34.5 Å². The number of rotatable bonds is 7. The maximum atomic E-state index is 13.2. The van der Waals surface area contributed by atoms with Crippen LogP contribution in [0.2, 0.25) is 5.02 Å². The molecule has 0 aliphatic rings. The summed E-state index contributed by atoms with van der Waals surface area (Å²) in [6.45, 7) is 2.16. The lowest BCUT2D eigenvalue weighted by Gasteiger charge is -2.26. The third kappa shape index (κ3) is 5.72. The van der Waals surface area contributed by atoms with Gasteiger partial charge in [-0.25, -0.2) is 0 Å². The Labute approximate surface area is 185 Å². The van der Waals surface area contributed by atoms with Crippen molar-refractivity contribution < 1.29 is 41.1 Å². The van der Waals surface area contributed by atoms with Gasteiger partial charge in [0, 0.05) is 17.7 Å². The van der Waals surface area contributed by atoms with Crippen LogP contribution in [0.4, 0.5) is 22.0 Å². The molecule has 32 heavy (non-hydrogen) atoms. The van der Waals surface area contributed by atoms with Gasteiger partial charge < -0.3 is 4.74 Å². The summed E-state index contributed by atoms with van der Waals surface area (Å²) in [6.07, 6.45) is -4.08. The van der Waals surface area contributed by atoms with Gasteiger partial charge in [-0.1, -0.05) is 24.6 Å². The first-order valence-corrected chi connectivity index (χ1v) is 9.59. The van der Waals surface area contributed by atoms with E-state index in [-0.39, 0.29) is 22.4 Å². The number of ketones is 1. The molecule has 0 saturated carbocycles. The summed E-state index contributed by atoms with van der Waals surface area (Å²) in [6, 6.07) is 3.26. The zero-order valence-corrected chi connectivity index (χ0v) is 18.3. The Kier molecular flexibility index (Phi) is 9.11. The van der Waals surface area contributed by atoms with Crippen molar-refractivity contribution in [1.29, 1.82) is 0 Å². The molecule has 2 rings (SSSR count). The molecule has 0 fully saturated rings. The van der Waals surface area contributed by atoms with E-state index in [0.29, 0.717) is 18.7 Å². The summed E-state index contributed by atoms with van der Waals surface area (Å²) in [5.41, 5.74) is -2.18. The van der Waals surface area contributed by atoms with E-state index in [9.17, 15) is 26.7 Å². The van der Waals surface area contributed by atoms with E-state index < -0.39 is 35.3 Å². The molecule has 0 N–H and O–H groups in total. The molecule has 0 amide bonds. The highest BCUT2D eigenvalue weighted by molar-refractivity contribution is 6.33. The minimum absolute atomic E-state index is 0.103. The fraction of sp³-hybridized carbons (Fsp3) is 0.450. The minimum Gasteiger partial charge on any atom is -0.434 e. The lowest BCUT2D eigenvalue weighted by molar-refractivity contribution is -0.193. The predicted molar refractivity (Wildman–Crippen MR) is 104 cm³/mol. The van der Waals surface area contributed by atoms with E-state index in [1.807, 2.05) is 6.92 Å². The molecule has 1 aromatic heterocycles. The third-order valence-electron chi connectivity index (χ3n) is 4.59. The molecule has 176 valence electrons. The third-order valence-corrected chi connectivity index (χ3v) is 4.98. The lowest BCUT2D eigenvalue weighted by Crippen LogP contribution is -2.39. The molecule has 0 unspecified atom stereocenters. The van der Waals surface area contributed by atoms with E-state index in [4.69, 9.17) is 21.2 Å². The Morgan fingerprint density at radius 3 is 2.22 bits per heavy atom. The van der Waals surface area contributed by atoms with Gasteiger partial charge >= 0.3 is 18.9 Å². The predicted octanol–water partition coefficient (Wildman–Crippen LogP) is 5.57. The molecule has 0 aliphatic heterocycles. The SMILES string of the molecule is CCc1nn(CC)c(-c2ccc(C(=O)C(C)(C)C(F)(F)F)cc2OC(F)F)c1Cl.O=C=O. The molecule has 12 heteroatoms. The van der Waals surface area contributed by atoms with Crippen molar-refractivity contribution >= 4 is 23.5 Å². The van der Waals surface area contributed by atoms with Crippen molar-refractivity contribution in [3.8, 4) is 17.0 Å². The Morgan fingerprint density at radius 1 is 1.22 bits per heavy atom. The number of Topliss-reactive ketones (excluding diaryl/α,β-unsaturated/α-hetero) is 1. The highest BCUT2D eigenvalue weighted by atomic mass is 35.5. The molecule has 0 aliphatic carbocycles. The van der Waals surface area contributed by atoms with Crippen LogP contribution in [0, 0.1) is 5.41 Å². The fourth-order valence-electron chi connectivity index (χ4n) is 2.74. The van der Waals surface area contributed by atoms with Crippen LogP contribution >= 0.6 is 11.6 Å². The van der Waals surface area contributed by atoms with Gasteiger partial charge in [-0.3, -0.25) is 9.48 Å². The Hall–Kier alpha value is -2.78. The van der Waals surface area contributed by atoms with Crippen LogP contribution in [0.25, 0.3) is 11.3 Å². The molecule has 1 aromatic carbocycles. The summed E-state index contributed by atoms with van der Waals surface area (Å²) in [7, 11) is 0. The Morgan fingerprint density at radius 2 is 1.78 bits per heavy atom. The quantitative estimate of drug-likeness (QED) is 0.380. The van der Waals surface area contributed by atoms with Crippen molar-refractivity contribution in [1.82, 2.24) is 9.78 Å². The summed E-state index contributed by atoms with van der Waals surface area (Å²) in [5, 5.41) is 4.52. The largest absolute Gasteiger partial charge is 0.434 e. The molecule has 2 aromatic rings. The first-order valence-electron chi connectivity index (χ1n) is 9.21. The smallest absolute Gasteiger partial charge is 0.401 e. The van der Waals surface area contributed by atoms with Gasteiger partial charge in [0.15, 0.2) is 5.78 Å². The maximum Gasteiger partial charge on any atom is 0.401 e. The van der Waals surface area contributed by atoms with Crippen molar-refractivity contribution in [2.45, 2.75) is 53.4 Å². The van der Waals surface area contributed by atoms with Gasteiger partial charge in [0.1, 0.15) is 11.2 Å². The number of aromatic nitrogens is 2. The number of halogens is 6. The summed E-state index contributed by atoms with van der Waals surface area (Å²) in [5.74, 6) is -1.72. The summed E-state index contributed by atoms with van der Waals surface area (Å²) >= 11 is 6.34. The first-order chi connectivity index (χ1) is 14.8. The number of benzene rings is 1. The summed E-state index contributed by atoms with van der Waals surface area (Å²) < 4.78 is 71.6. The van der Waals surface area contributed by atoms with Crippen LogP contribution in [0.5, 0.6) is 5.75 Å². The molecule has 0 bridgehead atoms.